The van der Waals surface area contributed by atoms with Gasteiger partial charge in [-0.2, -0.15) is 0 Å². The van der Waals surface area contributed by atoms with Gasteiger partial charge < -0.3 is 4.57 Å². The van der Waals surface area contributed by atoms with Gasteiger partial charge in [0.2, 0.25) is 0 Å². The topological polar surface area (TPSA) is 30.7 Å². The van der Waals surface area contributed by atoms with Crippen LogP contribution in [-0.4, -0.2) is 14.5 Å². The fraction of sp³-hybridized carbons (Fsp3) is 0.0566. The largest absolute Gasteiger partial charge is 0.309 e. The van der Waals surface area contributed by atoms with Crippen molar-refractivity contribution in [1.82, 2.24) is 14.5 Å². The molecule has 0 fully saturated rings. The second-order valence-corrected chi connectivity index (χ2v) is 16.8. The Morgan fingerprint density at radius 2 is 1.16 bits per heavy atom. The van der Waals surface area contributed by atoms with E-state index in [0.29, 0.717) is 0 Å². The lowest BCUT2D eigenvalue weighted by molar-refractivity contribution is 0.661. The van der Waals surface area contributed by atoms with Gasteiger partial charge in [-0.05, 0) is 94.0 Å². The normalized spacial score (nSPS) is 13.2. The molecule has 0 amide bonds. The highest BCUT2D eigenvalue weighted by Crippen LogP contribution is 2.51. The van der Waals surface area contributed by atoms with Gasteiger partial charge in [-0.25, -0.2) is 9.97 Å². The van der Waals surface area contributed by atoms with Crippen molar-refractivity contribution >= 4 is 64.2 Å². The van der Waals surface area contributed by atoms with Gasteiger partial charge in [-0.15, -0.1) is 11.3 Å². The molecule has 4 heteroatoms. The van der Waals surface area contributed by atoms with Crippen molar-refractivity contribution in [2.24, 2.45) is 0 Å². The van der Waals surface area contributed by atoms with Gasteiger partial charge in [-0.1, -0.05) is 129 Å². The van der Waals surface area contributed by atoms with Gasteiger partial charge in [0.25, 0.3) is 0 Å². The average molecular weight is 746 g/mol. The minimum atomic E-state index is -0.0813. The number of hydrogen-bond acceptors (Lipinski definition) is 3. The summed E-state index contributed by atoms with van der Waals surface area (Å²) in [5, 5.41) is 6.07. The molecule has 1 aliphatic rings. The number of benzene rings is 8. The summed E-state index contributed by atoms with van der Waals surface area (Å²) in [7, 11) is 0. The van der Waals surface area contributed by atoms with Crippen LogP contribution in [0.5, 0.6) is 0 Å². The van der Waals surface area contributed by atoms with E-state index in [9.17, 15) is 0 Å². The molecule has 12 rings (SSSR count). The van der Waals surface area contributed by atoms with E-state index < -0.39 is 0 Å². The first kappa shape index (κ1) is 32.4. The van der Waals surface area contributed by atoms with E-state index in [1.165, 1.54) is 81.0 Å². The predicted octanol–water partition coefficient (Wildman–Crippen LogP) is 14.4. The van der Waals surface area contributed by atoms with Crippen molar-refractivity contribution in [2.75, 3.05) is 0 Å². The molecule has 0 aliphatic heterocycles. The van der Waals surface area contributed by atoms with Crippen LogP contribution in [0.4, 0.5) is 0 Å². The Balaban J connectivity index is 1.08. The Bertz CT molecular complexity index is 3430. The van der Waals surface area contributed by atoms with Gasteiger partial charge in [0, 0.05) is 58.6 Å². The zero-order chi connectivity index (χ0) is 37.8. The second-order valence-electron chi connectivity index (χ2n) is 15.8. The lowest BCUT2D eigenvalue weighted by atomic mass is 9.82. The number of thiophene rings is 1. The van der Waals surface area contributed by atoms with Crippen LogP contribution in [-0.2, 0) is 5.41 Å². The summed E-state index contributed by atoms with van der Waals surface area (Å²) >= 11 is 1.84. The average Bonchev–Trinajstić information content (AvgIpc) is 3.87. The van der Waals surface area contributed by atoms with Gasteiger partial charge in [0.05, 0.1) is 22.2 Å². The summed E-state index contributed by atoms with van der Waals surface area (Å²) in [6.45, 7) is 4.73. The molecular weight excluding hydrogens is 711 g/mol. The maximum absolute atomic E-state index is 5.29. The maximum atomic E-state index is 5.29. The van der Waals surface area contributed by atoms with E-state index >= 15 is 0 Å². The van der Waals surface area contributed by atoms with Crippen LogP contribution in [0.15, 0.2) is 176 Å². The fourth-order valence-corrected chi connectivity index (χ4v) is 10.6. The van der Waals surface area contributed by atoms with Crippen LogP contribution >= 0.6 is 11.3 Å². The molecule has 3 heterocycles. The lowest BCUT2D eigenvalue weighted by Crippen LogP contribution is -2.14. The molecule has 0 N–H and O–H groups in total. The summed E-state index contributed by atoms with van der Waals surface area (Å²) in [6, 6.07) is 64.0. The molecule has 3 nitrogen and oxygen atoms in total. The molecule has 11 aromatic rings. The molecule has 8 aromatic carbocycles. The van der Waals surface area contributed by atoms with Crippen LogP contribution in [0, 0.1) is 0 Å². The van der Waals surface area contributed by atoms with Crippen molar-refractivity contribution in [3.05, 3.63) is 187 Å². The third kappa shape index (κ3) is 4.78. The van der Waals surface area contributed by atoms with E-state index in [4.69, 9.17) is 9.97 Å². The molecule has 1 aliphatic carbocycles. The Hall–Kier alpha value is -6.88. The van der Waals surface area contributed by atoms with Crippen molar-refractivity contribution in [1.29, 1.82) is 0 Å². The predicted molar refractivity (Wildman–Crippen MR) is 241 cm³/mol. The van der Waals surface area contributed by atoms with E-state index in [2.05, 4.69) is 176 Å². The SMILES string of the molecule is CC1(C)c2ccccc2-c2cc3c4cc(-c5ccc6sc7cccc(-c8nc(-c9ccccc9)nc9ccccc89)c7c6c5)ccc4n(-c4ccccc4)c3cc21. The molecule has 268 valence electrons. The number of fused-ring (bicyclic) bond motifs is 10. The van der Waals surface area contributed by atoms with Crippen molar-refractivity contribution in [3.63, 3.8) is 0 Å². The third-order valence-corrected chi connectivity index (χ3v) is 13.3. The van der Waals surface area contributed by atoms with Gasteiger partial charge in [-0.3, -0.25) is 0 Å². The monoisotopic (exact) mass is 745 g/mol. The molecule has 57 heavy (non-hydrogen) atoms. The molecule has 0 unspecified atom stereocenters. The summed E-state index contributed by atoms with van der Waals surface area (Å²) in [4.78, 5) is 10.3. The smallest absolute Gasteiger partial charge is 0.160 e. The van der Waals surface area contributed by atoms with Crippen LogP contribution in [0.3, 0.4) is 0 Å². The Kier molecular flexibility index (Phi) is 6.85. The molecule has 0 saturated heterocycles. The first-order valence-corrected chi connectivity index (χ1v) is 20.4. The Labute approximate surface area is 334 Å². The highest BCUT2D eigenvalue weighted by Gasteiger charge is 2.36. The van der Waals surface area contributed by atoms with Crippen LogP contribution in [0.1, 0.15) is 25.0 Å². The number of rotatable bonds is 4. The Morgan fingerprint density at radius 3 is 2.02 bits per heavy atom. The molecule has 0 saturated carbocycles. The standard InChI is InChI=1S/C53H35N3S/c1-53(2)43-21-11-9-18-36(43)39-30-41-40-28-33(24-26-46(40)56(47(41)31-44(39)53)35-16-7-4-8-17-35)34-25-27-48-42(29-34)50-38(20-13-23-49(50)57-48)51-37-19-10-12-22-45(37)54-52(55-51)32-14-5-3-6-15-32/h3-31H,1-2H3. The number of para-hydroxylation sites is 2. The summed E-state index contributed by atoms with van der Waals surface area (Å²) < 4.78 is 4.97. The maximum Gasteiger partial charge on any atom is 0.160 e. The summed E-state index contributed by atoms with van der Waals surface area (Å²) in [6.07, 6.45) is 0. The van der Waals surface area contributed by atoms with Crippen molar-refractivity contribution in [2.45, 2.75) is 19.3 Å². The number of aromatic nitrogens is 3. The molecule has 0 radical (unpaired) electrons. The van der Waals surface area contributed by atoms with E-state index in [1.807, 2.05) is 29.5 Å². The lowest BCUT2D eigenvalue weighted by Gasteiger charge is -2.21. The van der Waals surface area contributed by atoms with Gasteiger partial charge in [0.15, 0.2) is 5.82 Å². The zero-order valence-corrected chi connectivity index (χ0v) is 32.3. The zero-order valence-electron chi connectivity index (χ0n) is 31.5. The quantitative estimate of drug-likeness (QED) is 0.180. The van der Waals surface area contributed by atoms with E-state index in [1.54, 1.807) is 0 Å². The molecule has 0 spiro atoms. The minimum Gasteiger partial charge on any atom is -0.309 e. The van der Waals surface area contributed by atoms with Gasteiger partial charge in [0.1, 0.15) is 0 Å². The van der Waals surface area contributed by atoms with Gasteiger partial charge >= 0.3 is 0 Å². The molecule has 0 bridgehead atoms. The fourth-order valence-electron chi connectivity index (χ4n) is 9.45. The van der Waals surface area contributed by atoms with Crippen molar-refractivity contribution in [3.8, 4) is 50.6 Å². The second kappa shape index (κ2) is 12.1. The van der Waals surface area contributed by atoms with Crippen molar-refractivity contribution < 1.29 is 0 Å². The third-order valence-electron chi connectivity index (χ3n) is 12.2. The van der Waals surface area contributed by atoms with Crippen LogP contribution in [0.2, 0.25) is 0 Å². The number of nitrogens with zero attached hydrogens (tertiary/aromatic N) is 3. The van der Waals surface area contributed by atoms with Crippen LogP contribution in [0.25, 0.3) is 103 Å². The summed E-state index contributed by atoms with van der Waals surface area (Å²) in [5.74, 6) is 0.738. The minimum absolute atomic E-state index is 0.0813. The summed E-state index contributed by atoms with van der Waals surface area (Å²) in [5.41, 5.74) is 15.4. The van der Waals surface area contributed by atoms with E-state index in [0.717, 1.165) is 33.5 Å². The molecular formula is C53H35N3S. The van der Waals surface area contributed by atoms with E-state index in [-0.39, 0.29) is 5.41 Å². The molecule has 0 atom stereocenters. The highest BCUT2D eigenvalue weighted by atomic mass is 32.1. The first-order chi connectivity index (χ1) is 28.0. The first-order valence-electron chi connectivity index (χ1n) is 19.6. The molecule has 3 aromatic heterocycles. The highest BCUT2D eigenvalue weighted by molar-refractivity contribution is 7.26. The number of hydrogen-bond donors (Lipinski definition) is 0. The van der Waals surface area contributed by atoms with Crippen LogP contribution < -0.4 is 0 Å². The Morgan fingerprint density at radius 1 is 0.456 bits per heavy atom.